The van der Waals surface area contributed by atoms with E-state index in [2.05, 4.69) is 6.58 Å². The first-order chi connectivity index (χ1) is 16.4. The van der Waals surface area contributed by atoms with Crippen LogP contribution in [0.5, 0.6) is 0 Å². The third-order valence-corrected chi connectivity index (χ3v) is 9.32. The van der Waals surface area contributed by atoms with Crippen molar-refractivity contribution in [2.45, 2.75) is 48.6 Å². The second kappa shape index (κ2) is 10.3. The number of amides is 2. The molecular formula is C25H31ClN2O5S. The first kappa shape index (κ1) is 25.1. The molecule has 5 atom stereocenters. The van der Waals surface area contributed by atoms with Crippen molar-refractivity contribution < 1.29 is 24.2 Å². The highest BCUT2D eigenvalue weighted by atomic mass is 35.5. The Hall–Kier alpha value is -2.03. The molecule has 184 valence electrons. The number of aliphatic hydroxyl groups excluding tert-OH is 1. The van der Waals surface area contributed by atoms with Gasteiger partial charge in [0.2, 0.25) is 5.91 Å². The van der Waals surface area contributed by atoms with Crippen molar-refractivity contribution in [1.29, 1.82) is 0 Å². The van der Waals surface area contributed by atoms with Crippen molar-refractivity contribution >= 4 is 46.8 Å². The first-order valence-corrected chi connectivity index (χ1v) is 13.1. The molecule has 1 aromatic carbocycles. The number of halogens is 1. The van der Waals surface area contributed by atoms with Crippen LogP contribution in [0.15, 0.2) is 36.9 Å². The minimum Gasteiger partial charge on any atom is -0.466 e. The topological polar surface area (TPSA) is 87.2 Å². The predicted molar refractivity (Wildman–Crippen MR) is 133 cm³/mol. The van der Waals surface area contributed by atoms with Crippen LogP contribution in [0.2, 0.25) is 5.02 Å². The fraction of sp³-hybridized carbons (Fsp3) is 0.560. The van der Waals surface area contributed by atoms with E-state index in [-0.39, 0.29) is 42.8 Å². The molecule has 9 heteroatoms. The Morgan fingerprint density at radius 1 is 1.35 bits per heavy atom. The monoisotopic (exact) mass is 506 g/mol. The average molecular weight is 507 g/mol. The molecule has 3 aliphatic heterocycles. The number of hydrogen-bond donors (Lipinski definition) is 1. The molecule has 7 nitrogen and oxygen atoms in total. The number of likely N-dealkylation sites (tertiary alicyclic amines) is 1. The van der Waals surface area contributed by atoms with Crippen molar-refractivity contribution in [2.75, 3.05) is 31.2 Å². The van der Waals surface area contributed by atoms with Gasteiger partial charge < -0.3 is 19.6 Å². The van der Waals surface area contributed by atoms with Crippen molar-refractivity contribution in [2.24, 2.45) is 11.8 Å². The maximum absolute atomic E-state index is 14.2. The number of ether oxygens (including phenoxy) is 1. The van der Waals surface area contributed by atoms with Gasteiger partial charge in [-0.3, -0.25) is 14.4 Å². The maximum atomic E-state index is 14.2. The Morgan fingerprint density at radius 2 is 2.09 bits per heavy atom. The number of anilines is 1. The van der Waals surface area contributed by atoms with Crippen LogP contribution in [-0.2, 0) is 19.1 Å². The van der Waals surface area contributed by atoms with E-state index < -0.39 is 22.6 Å². The minimum absolute atomic E-state index is 0.0187. The van der Waals surface area contributed by atoms with Gasteiger partial charge in [0, 0.05) is 35.7 Å². The quantitative estimate of drug-likeness (QED) is 0.298. The molecule has 2 amide bonds. The summed E-state index contributed by atoms with van der Waals surface area (Å²) in [6, 6.07) is 6.33. The average Bonchev–Trinajstić information content (AvgIpc) is 3.46. The molecule has 0 aliphatic carbocycles. The molecule has 1 N–H and O–H groups in total. The lowest BCUT2D eigenvalue weighted by atomic mass is 9.71. The van der Waals surface area contributed by atoms with Crippen LogP contribution < -0.4 is 4.90 Å². The van der Waals surface area contributed by atoms with Gasteiger partial charge in [-0.25, -0.2) is 0 Å². The van der Waals surface area contributed by atoms with E-state index in [0.717, 1.165) is 6.42 Å². The number of rotatable bonds is 10. The predicted octanol–water partition coefficient (Wildman–Crippen LogP) is 3.29. The van der Waals surface area contributed by atoms with Crippen LogP contribution in [0.25, 0.3) is 0 Å². The summed E-state index contributed by atoms with van der Waals surface area (Å²) < 4.78 is 4.69. The van der Waals surface area contributed by atoms with E-state index in [4.69, 9.17) is 16.3 Å². The van der Waals surface area contributed by atoms with E-state index in [9.17, 15) is 19.5 Å². The molecule has 3 aliphatic rings. The lowest BCUT2D eigenvalue weighted by Crippen LogP contribution is -2.55. The second-order valence-corrected chi connectivity index (χ2v) is 11.0. The fourth-order valence-electron chi connectivity index (χ4n) is 5.79. The highest BCUT2D eigenvalue weighted by molar-refractivity contribution is 8.02. The number of hydrogen-bond acceptors (Lipinski definition) is 6. The summed E-state index contributed by atoms with van der Waals surface area (Å²) in [6.07, 6.45) is 4.25. The largest absolute Gasteiger partial charge is 0.466 e. The molecule has 1 spiro atoms. The standard InChI is InChI=1S/C25H31ClN2O5S/c1-3-13-27(17-9-7-16(26)8-10-17)23(31)21-25-12-11-18(34-25)19(24(32)33-4-2)20(25)22(30)28(21)14-5-6-15-29/h3,7-10,18-21,29H,1,4-6,11-15H2,2H3/t18-,19+,20-,21?,25?/m0/s1. The number of nitrogens with zero attached hydrogens (tertiary/aromatic N) is 2. The number of unbranched alkanes of at least 4 members (excludes halogenated alkanes) is 1. The van der Waals surface area contributed by atoms with Crippen LogP contribution in [0.3, 0.4) is 0 Å². The maximum Gasteiger partial charge on any atom is 0.310 e. The highest BCUT2D eigenvalue weighted by Crippen LogP contribution is 2.66. The van der Waals surface area contributed by atoms with Gasteiger partial charge in [0.05, 0.1) is 23.2 Å². The van der Waals surface area contributed by atoms with Crippen LogP contribution in [0.1, 0.15) is 32.6 Å². The summed E-state index contributed by atoms with van der Waals surface area (Å²) in [5, 5.41) is 9.83. The van der Waals surface area contributed by atoms with Crippen LogP contribution in [0, 0.1) is 11.8 Å². The molecule has 3 heterocycles. The first-order valence-electron chi connectivity index (χ1n) is 11.8. The van der Waals surface area contributed by atoms with E-state index in [0.29, 0.717) is 36.5 Å². The van der Waals surface area contributed by atoms with E-state index in [1.54, 1.807) is 58.8 Å². The Labute approximate surface area is 209 Å². The Morgan fingerprint density at radius 3 is 2.74 bits per heavy atom. The summed E-state index contributed by atoms with van der Waals surface area (Å²) >= 11 is 7.68. The van der Waals surface area contributed by atoms with Gasteiger partial charge in [-0.2, -0.15) is 0 Å². The molecule has 2 unspecified atom stereocenters. The lowest BCUT2D eigenvalue weighted by Gasteiger charge is -2.37. The molecule has 0 saturated carbocycles. The van der Waals surface area contributed by atoms with E-state index >= 15 is 0 Å². The van der Waals surface area contributed by atoms with Crippen LogP contribution >= 0.6 is 23.4 Å². The normalized spacial score (nSPS) is 29.3. The SMILES string of the molecule is C=CCN(C(=O)C1N(CCCCO)C(=O)[C@@H]2[C@H](C(=O)OCC)[C@@H]3CCC12S3)c1ccc(Cl)cc1. The van der Waals surface area contributed by atoms with Crippen LogP contribution in [-0.4, -0.2) is 70.1 Å². The van der Waals surface area contributed by atoms with Gasteiger partial charge in [0.1, 0.15) is 6.04 Å². The number of aliphatic hydroxyl groups is 1. The molecule has 4 rings (SSSR count). The Kier molecular flexibility index (Phi) is 7.60. The van der Waals surface area contributed by atoms with E-state index in [1.165, 1.54) is 0 Å². The molecular weight excluding hydrogens is 476 g/mol. The summed E-state index contributed by atoms with van der Waals surface area (Å²) in [5.41, 5.74) is 0.677. The zero-order valence-electron chi connectivity index (χ0n) is 19.3. The smallest absolute Gasteiger partial charge is 0.310 e. The Bertz CT molecular complexity index is 957. The van der Waals surface area contributed by atoms with E-state index in [1.807, 2.05) is 0 Å². The summed E-state index contributed by atoms with van der Waals surface area (Å²) in [7, 11) is 0. The van der Waals surface area contributed by atoms with Crippen molar-refractivity contribution in [3.05, 3.63) is 41.9 Å². The van der Waals surface area contributed by atoms with Gasteiger partial charge in [-0.05, 0) is 56.9 Å². The fourth-order valence-corrected chi connectivity index (χ4v) is 8.12. The second-order valence-electron chi connectivity index (χ2n) is 8.98. The van der Waals surface area contributed by atoms with Gasteiger partial charge in [0.15, 0.2) is 0 Å². The summed E-state index contributed by atoms with van der Waals surface area (Å²) in [4.78, 5) is 44.2. The molecule has 3 fully saturated rings. The number of thioether (sulfide) groups is 1. The molecule has 0 radical (unpaired) electrons. The number of benzene rings is 1. The van der Waals surface area contributed by atoms with Crippen molar-refractivity contribution in [1.82, 2.24) is 4.90 Å². The van der Waals surface area contributed by atoms with Gasteiger partial charge >= 0.3 is 5.97 Å². The molecule has 0 aromatic heterocycles. The van der Waals surface area contributed by atoms with Crippen molar-refractivity contribution in [3.63, 3.8) is 0 Å². The number of esters is 1. The zero-order valence-corrected chi connectivity index (χ0v) is 20.9. The highest BCUT2D eigenvalue weighted by Gasteiger charge is 2.74. The number of fused-ring (bicyclic) bond motifs is 1. The van der Waals surface area contributed by atoms with Gasteiger partial charge in [0.25, 0.3) is 5.91 Å². The third-order valence-electron chi connectivity index (χ3n) is 7.12. The number of carbonyl (C=O) groups excluding carboxylic acids is 3. The number of carbonyl (C=O) groups is 3. The molecule has 34 heavy (non-hydrogen) atoms. The third kappa shape index (κ3) is 4.14. The summed E-state index contributed by atoms with van der Waals surface area (Å²) in [5.74, 6) is -1.79. The molecule has 3 saturated heterocycles. The van der Waals surface area contributed by atoms with Crippen molar-refractivity contribution in [3.8, 4) is 0 Å². The lowest BCUT2D eigenvalue weighted by molar-refractivity contribution is -0.153. The Balaban J connectivity index is 1.74. The summed E-state index contributed by atoms with van der Waals surface area (Å²) in [6.45, 7) is 6.50. The van der Waals surface area contributed by atoms with Gasteiger partial charge in [-0.1, -0.05) is 17.7 Å². The zero-order chi connectivity index (χ0) is 24.5. The molecule has 1 aromatic rings. The van der Waals surface area contributed by atoms with Gasteiger partial charge in [-0.15, -0.1) is 18.3 Å². The minimum atomic E-state index is -0.700. The molecule has 2 bridgehead atoms. The van der Waals surface area contributed by atoms with Crippen LogP contribution in [0.4, 0.5) is 5.69 Å².